The molecule has 0 aromatic heterocycles. The third-order valence-corrected chi connectivity index (χ3v) is 8.27. The molecule has 2 aliphatic rings. The first-order valence-corrected chi connectivity index (χ1v) is 14.8. The van der Waals surface area contributed by atoms with Crippen molar-refractivity contribution in [3.05, 3.63) is 88.2 Å². The Morgan fingerprint density at radius 3 is 2.54 bits per heavy atom. The number of aliphatic hydroxyl groups excluding tert-OH is 1. The van der Waals surface area contributed by atoms with E-state index in [-0.39, 0.29) is 11.7 Å². The molecule has 0 saturated carbocycles. The van der Waals surface area contributed by atoms with Gasteiger partial charge in [-0.25, -0.2) is 4.39 Å². The van der Waals surface area contributed by atoms with Gasteiger partial charge in [0.15, 0.2) is 0 Å². The van der Waals surface area contributed by atoms with Gasteiger partial charge in [0, 0.05) is 25.7 Å². The summed E-state index contributed by atoms with van der Waals surface area (Å²) >= 11 is 6.50. The van der Waals surface area contributed by atoms with Gasteiger partial charge in [0.05, 0.1) is 17.7 Å². The standard InChI is InChI=1S/C33H37ClFN3O3/c1-3-18-41-30-13-9-25(20-28(30)34)32(39)29(21-38-16-4-5-17-38)37(2)33(40)31-27-12-8-23(19-24(27)14-15-36-31)22-6-10-26(35)11-7-22/h6-13,19-20,29,32,39H,3-5,14-18,21H2,1-2H3/t29-,32-/m1/s1. The smallest absolute Gasteiger partial charge is 0.272 e. The van der Waals surface area contributed by atoms with Crippen molar-refractivity contribution in [2.45, 2.75) is 44.8 Å². The highest BCUT2D eigenvalue weighted by atomic mass is 35.5. The van der Waals surface area contributed by atoms with Crippen LogP contribution in [0.25, 0.3) is 11.1 Å². The fourth-order valence-corrected chi connectivity index (χ4v) is 5.89. The number of hydrogen-bond donors (Lipinski definition) is 1. The summed E-state index contributed by atoms with van der Waals surface area (Å²) in [5.41, 5.74) is 4.76. The van der Waals surface area contributed by atoms with E-state index in [0.29, 0.717) is 41.7 Å². The molecular formula is C33H37ClFN3O3. The van der Waals surface area contributed by atoms with E-state index in [9.17, 15) is 14.3 Å². The number of fused-ring (bicyclic) bond motifs is 1. The summed E-state index contributed by atoms with van der Waals surface area (Å²) in [5.74, 6) is 0.0827. The Balaban J connectivity index is 1.40. The molecule has 0 aliphatic carbocycles. The van der Waals surface area contributed by atoms with Crippen LogP contribution in [0, 0.1) is 5.82 Å². The van der Waals surface area contributed by atoms with Gasteiger partial charge in [-0.3, -0.25) is 9.79 Å². The van der Waals surface area contributed by atoms with Crippen molar-refractivity contribution in [3.63, 3.8) is 0 Å². The van der Waals surface area contributed by atoms with E-state index in [1.807, 2.05) is 25.1 Å². The zero-order chi connectivity index (χ0) is 28.9. The van der Waals surface area contributed by atoms with Gasteiger partial charge in [-0.1, -0.05) is 54.9 Å². The highest BCUT2D eigenvalue weighted by molar-refractivity contribution is 6.45. The van der Waals surface area contributed by atoms with E-state index in [0.717, 1.165) is 61.0 Å². The average molecular weight is 578 g/mol. The molecule has 5 rings (SSSR count). The molecule has 41 heavy (non-hydrogen) atoms. The van der Waals surface area contributed by atoms with Gasteiger partial charge in [0.25, 0.3) is 5.91 Å². The predicted molar refractivity (Wildman–Crippen MR) is 161 cm³/mol. The largest absolute Gasteiger partial charge is 0.492 e. The summed E-state index contributed by atoms with van der Waals surface area (Å²) in [6.07, 6.45) is 2.84. The number of aliphatic hydroxyl groups is 1. The van der Waals surface area contributed by atoms with Gasteiger partial charge in [-0.15, -0.1) is 0 Å². The molecule has 1 saturated heterocycles. The minimum Gasteiger partial charge on any atom is -0.492 e. The molecule has 1 N–H and O–H groups in total. The third kappa shape index (κ3) is 6.64. The summed E-state index contributed by atoms with van der Waals surface area (Å²) in [7, 11) is 1.75. The lowest BCUT2D eigenvalue weighted by Crippen LogP contribution is -2.50. The monoisotopic (exact) mass is 577 g/mol. The first-order chi connectivity index (χ1) is 19.9. The summed E-state index contributed by atoms with van der Waals surface area (Å²) in [6, 6.07) is 17.2. The molecule has 2 aliphatic heterocycles. The Morgan fingerprint density at radius 2 is 1.83 bits per heavy atom. The van der Waals surface area contributed by atoms with Crippen LogP contribution < -0.4 is 4.74 Å². The van der Waals surface area contributed by atoms with E-state index in [1.165, 1.54) is 12.1 Å². The molecule has 2 atom stereocenters. The highest BCUT2D eigenvalue weighted by Gasteiger charge is 2.34. The van der Waals surface area contributed by atoms with Crippen LogP contribution in [0.5, 0.6) is 5.75 Å². The Labute approximate surface area is 246 Å². The quantitative estimate of drug-likeness (QED) is 0.324. The molecule has 0 unspecified atom stereocenters. The SMILES string of the molecule is CCCOc1ccc([C@@H](O)[C@@H](CN2CCCC2)N(C)C(=O)C2=NCCc3cc(-c4ccc(F)cc4)ccc32)cc1Cl. The van der Waals surface area contributed by atoms with Crippen LogP contribution in [0.15, 0.2) is 65.7 Å². The van der Waals surface area contributed by atoms with Crippen LogP contribution in [-0.4, -0.2) is 72.4 Å². The number of likely N-dealkylation sites (N-methyl/N-ethyl adjacent to an activating group) is 1. The second-order valence-corrected chi connectivity index (χ2v) is 11.2. The van der Waals surface area contributed by atoms with Gasteiger partial charge in [0.2, 0.25) is 0 Å². The second-order valence-electron chi connectivity index (χ2n) is 10.8. The summed E-state index contributed by atoms with van der Waals surface area (Å²) in [6.45, 7) is 5.51. The molecule has 0 radical (unpaired) electrons. The number of carbonyl (C=O) groups excluding carboxylic acids is 1. The Bertz CT molecular complexity index is 1410. The maximum atomic E-state index is 14.0. The molecule has 6 nitrogen and oxygen atoms in total. The predicted octanol–water partition coefficient (Wildman–Crippen LogP) is 5.94. The number of ether oxygens (including phenoxy) is 1. The maximum Gasteiger partial charge on any atom is 0.272 e. The Morgan fingerprint density at radius 1 is 1.10 bits per heavy atom. The van der Waals surface area contributed by atoms with Crippen molar-refractivity contribution >= 4 is 23.2 Å². The number of nitrogens with zero attached hydrogens (tertiary/aromatic N) is 3. The van der Waals surface area contributed by atoms with Crippen molar-refractivity contribution in [1.82, 2.24) is 9.80 Å². The van der Waals surface area contributed by atoms with Crippen molar-refractivity contribution in [3.8, 4) is 16.9 Å². The van der Waals surface area contributed by atoms with Crippen molar-refractivity contribution in [2.75, 3.05) is 39.8 Å². The molecule has 0 spiro atoms. The molecule has 8 heteroatoms. The zero-order valence-electron chi connectivity index (χ0n) is 23.7. The number of hydrogen-bond acceptors (Lipinski definition) is 5. The molecule has 3 aromatic rings. The van der Waals surface area contributed by atoms with Crippen LogP contribution >= 0.6 is 11.6 Å². The first-order valence-electron chi connectivity index (χ1n) is 14.4. The number of carbonyl (C=O) groups is 1. The van der Waals surface area contributed by atoms with E-state index in [2.05, 4.69) is 16.0 Å². The fraction of sp³-hybridized carbons (Fsp3) is 0.394. The average Bonchev–Trinajstić information content (AvgIpc) is 3.51. The molecule has 1 fully saturated rings. The van der Waals surface area contributed by atoms with Gasteiger partial charge in [-0.2, -0.15) is 0 Å². The molecule has 3 aromatic carbocycles. The lowest BCUT2D eigenvalue weighted by molar-refractivity contribution is -0.127. The normalized spacial score (nSPS) is 16.6. The molecule has 216 valence electrons. The first kappa shape index (κ1) is 29.2. The van der Waals surface area contributed by atoms with Gasteiger partial charge in [0.1, 0.15) is 23.4 Å². The molecule has 1 amide bonds. The second kappa shape index (κ2) is 13.1. The van der Waals surface area contributed by atoms with Gasteiger partial charge < -0.3 is 19.6 Å². The number of halogens is 2. The van der Waals surface area contributed by atoms with E-state index < -0.39 is 12.1 Å². The van der Waals surface area contributed by atoms with Gasteiger partial charge in [-0.05, 0) is 85.3 Å². The van der Waals surface area contributed by atoms with E-state index in [4.69, 9.17) is 16.3 Å². The minimum absolute atomic E-state index is 0.224. The van der Waals surface area contributed by atoms with Crippen LogP contribution in [0.1, 0.15) is 49.0 Å². The molecule has 2 heterocycles. The third-order valence-electron chi connectivity index (χ3n) is 7.98. The van der Waals surface area contributed by atoms with E-state index in [1.54, 1.807) is 36.2 Å². The molecule has 0 bridgehead atoms. The lowest BCUT2D eigenvalue weighted by Gasteiger charge is -2.36. The number of amides is 1. The summed E-state index contributed by atoms with van der Waals surface area (Å²) in [5, 5.41) is 12.1. The number of likely N-dealkylation sites (tertiary alicyclic amines) is 1. The van der Waals surface area contributed by atoms with Crippen LogP contribution in [0.4, 0.5) is 4.39 Å². The van der Waals surface area contributed by atoms with Crippen LogP contribution in [0.3, 0.4) is 0 Å². The van der Waals surface area contributed by atoms with Crippen LogP contribution in [0.2, 0.25) is 5.02 Å². The number of aliphatic imine (C=N–C) groups is 1. The Kier molecular flexibility index (Phi) is 9.38. The van der Waals surface area contributed by atoms with Crippen LogP contribution in [-0.2, 0) is 11.2 Å². The fourth-order valence-electron chi connectivity index (χ4n) is 5.64. The summed E-state index contributed by atoms with van der Waals surface area (Å²) < 4.78 is 19.2. The minimum atomic E-state index is -0.952. The highest BCUT2D eigenvalue weighted by Crippen LogP contribution is 2.32. The number of rotatable bonds is 10. The van der Waals surface area contributed by atoms with Crippen molar-refractivity contribution in [1.29, 1.82) is 0 Å². The van der Waals surface area contributed by atoms with Crippen molar-refractivity contribution < 1.29 is 19.0 Å². The number of benzene rings is 3. The maximum absolute atomic E-state index is 14.0. The van der Waals surface area contributed by atoms with Crippen molar-refractivity contribution in [2.24, 2.45) is 4.99 Å². The molecular weight excluding hydrogens is 541 g/mol. The van der Waals surface area contributed by atoms with E-state index >= 15 is 0 Å². The Hall–Kier alpha value is -3.26. The van der Waals surface area contributed by atoms with Gasteiger partial charge >= 0.3 is 0 Å². The lowest BCUT2D eigenvalue weighted by atomic mass is 9.92. The summed E-state index contributed by atoms with van der Waals surface area (Å²) in [4.78, 5) is 22.6. The zero-order valence-corrected chi connectivity index (χ0v) is 24.4. The topological polar surface area (TPSA) is 65.4 Å².